The number of aromatic nitrogens is 3. The highest BCUT2D eigenvalue weighted by molar-refractivity contribution is 7.19. The molecule has 0 N–H and O–H groups in total. The molecule has 3 heterocycles. The molecule has 0 unspecified atom stereocenters. The van der Waals surface area contributed by atoms with Crippen molar-refractivity contribution in [1.82, 2.24) is 13.7 Å². The molecule has 0 aliphatic carbocycles. The largest absolute Gasteiger partial charge is 0.309 e. The smallest absolute Gasteiger partial charge is 0.179 e. The van der Waals surface area contributed by atoms with Crippen LogP contribution in [0.15, 0.2) is 273 Å². The fourth-order valence-corrected chi connectivity index (χ4v) is 16.5. The van der Waals surface area contributed by atoms with E-state index in [4.69, 9.17) is 0 Å². The zero-order valence-electron chi connectivity index (χ0n) is 38.3. The van der Waals surface area contributed by atoms with Crippen LogP contribution in [0.1, 0.15) is 0 Å². The van der Waals surface area contributed by atoms with E-state index >= 15 is 0 Å². The highest BCUT2D eigenvalue weighted by Crippen LogP contribution is 2.40. The van der Waals surface area contributed by atoms with Crippen molar-refractivity contribution >= 4 is 94.2 Å². The highest BCUT2D eigenvalue weighted by Gasteiger charge is 2.41. The van der Waals surface area contributed by atoms with E-state index in [1.165, 1.54) is 86.2 Å². The fraction of sp³-hybridized carbons (Fsp3) is 0. The molecule has 0 saturated carbocycles. The molecule has 0 saturated heterocycles. The maximum atomic E-state index is 2.48. The zero-order chi connectivity index (χ0) is 46.2. The molecule has 0 spiro atoms. The van der Waals surface area contributed by atoms with Crippen molar-refractivity contribution in [2.75, 3.05) is 0 Å². The maximum Gasteiger partial charge on any atom is 0.179 e. The first-order valence-corrected chi connectivity index (χ1v) is 26.2. The van der Waals surface area contributed by atoms with Gasteiger partial charge in [-0.1, -0.05) is 206 Å². The van der Waals surface area contributed by atoms with Gasteiger partial charge in [-0.3, -0.25) is 0 Å². The third kappa shape index (κ3) is 6.07. The van der Waals surface area contributed by atoms with Crippen molar-refractivity contribution in [2.24, 2.45) is 0 Å². The summed E-state index contributed by atoms with van der Waals surface area (Å²) in [7, 11) is -2.72. The van der Waals surface area contributed by atoms with Crippen LogP contribution in [0.25, 0.3) is 93.6 Å². The number of hydrogen-bond donors (Lipinski definition) is 0. The predicted molar refractivity (Wildman–Crippen MR) is 299 cm³/mol. The zero-order valence-corrected chi connectivity index (χ0v) is 39.3. The predicted octanol–water partition coefficient (Wildman–Crippen LogP) is 14.0. The average Bonchev–Trinajstić information content (AvgIpc) is 4.08. The van der Waals surface area contributed by atoms with Crippen LogP contribution in [0, 0.1) is 0 Å². The first kappa shape index (κ1) is 40.1. The van der Waals surface area contributed by atoms with Gasteiger partial charge in [0.05, 0.1) is 33.1 Å². The summed E-state index contributed by atoms with van der Waals surface area (Å²) in [6.45, 7) is 0. The Kier molecular flexibility index (Phi) is 9.23. The number of nitrogens with zero attached hydrogens (tertiary/aromatic N) is 3. The molecule has 0 amide bonds. The van der Waals surface area contributed by atoms with E-state index in [1.54, 1.807) is 0 Å². The van der Waals surface area contributed by atoms with Crippen LogP contribution in [-0.2, 0) is 0 Å². The molecule has 0 atom stereocenters. The molecule has 3 aromatic heterocycles. The maximum absolute atomic E-state index is 2.72. The third-order valence-electron chi connectivity index (χ3n) is 14.8. The molecule has 0 aliphatic rings. The molecule has 14 rings (SSSR count). The Balaban J connectivity index is 1.01. The lowest BCUT2D eigenvalue weighted by atomic mass is 10.0. The van der Waals surface area contributed by atoms with Crippen LogP contribution in [0.3, 0.4) is 0 Å². The van der Waals surface area contributed by atoms with E-state index in [-0.39, 0.29) is 0 Å². The monoisotopic (exact) mass is 907 g/mol. The number of rotatable bonds is 8. The molecule has 70 heavy (non-hydrogen) atoms. The molecule has 4 heteroatoms. The molecule has 11 aromatic carbocycles. The Morgan fingerprint density at radius 1 is 0.200 bits per heavy atom. The molecular weight excluding hydrogens is 863 g/mol. The Morgan fingerprint density at radius 3 is 0.914 bits per heavy atom. The summed E-state index contributed by atoms with van der Waals surface area (Å²) in [5.41, 5.74) is 12.8. The van der Waals surface area contributed by atoms with Gasteiger partial charge in [0.25, 0.3) is 0 Å². The highest BCUT2D eigenvalue weighted by atomic mass is 28.3. The van der Waals surface area contributed by atoms with E-state index in [1.807, 2.05) is 0 Å². The Bertz CT molecular complexity index is 4070. The quantitative estimate of drug-likeness (QED) is 0.107. The number of fused-ring (bicyclic) bond motifs is 9. The summed E-state index contributed by atoms with van der Waals surface area (Å²) in [4.78, 5) is 0. The lowest BCUT2D eigenvalue weighted by molar-refractivity contribution is 1.13. The normalized spacial score (nSPS) is 12.0. The summed E-state index contributed by atoms with van der Waals surface area (Å²) < 4.78 is 7.36. The van der Waals surface area contributed by atoms with Crippen molar-refractivity contribution in [1.29, 1.82) is 0 Å². The van der Waals surface area contributed by atoms with Crippen molar-refractivity contribution in [3.8, 4) is 28.2 Å². The SMILES string of the molecule is c1ccc([Si](c2ccccc2)(c2ccccc2)c2ccc(-c3cc(-n4c5ccccc5c5ccccc54)cc(-n4c5ccccc5c5cc(-n6c7ccccc7c7ccccc76)ccc54)c3)cc2)cc1. The summed E-state index contributed by atoms with van der Waals surface area (Å²) >= 11 is 0. The van der Waals surface area contributed by atoms with E-state index in [2.05, 4.69) is 287 Å². The standard InChI is InChI=1S/C66H45N3Si/c1-4-20-51(21-5-1)70(52-22-6-2-7-23-52,53-24-8-3-9-25-53)54-39-36-46(37-40-54)47-42-49(68-63-33-17-12-28-57(63)58-29-13-18-34-64(58)68)44-50(43-47)69-65-35-19-14-30-59(65)60-45-48(38-41-66(60)69)67-61-31-15-10-26-55(61)56-27-11-16-32-62(56)67/h1-45H. The van der Waals surface area contributed by atoms with Gasteiger partial charge in [-0.05, 0) is 98.6 Å². The summed E-state index contributed by atoms with van der Waals surface area (Å²) in [5.74, 6) is 0. The van der Waals surface area contributed by atoms with Crippen molar-refractivity contribution in [2.45, 2.75) is 0 Å². The minimum atomic E-state index is -2.72. The van der Waals surface area contributed by atoms with Gasteiger partial charge in [0.2, 0.25) is 0 Å². The van der Waals surface area contributed by atoms with E-state index in [9.17, 15) is 0 Å². The lowest BCUT2D eigenvalue weighted by Gasteiger charge is -2.34. The van der Waals surface area contributed by atoms with Crippen LogP contribution in [0.5, 0.6) is 0 Å². The van der Waals surface area contributed by atoms with E-state index in [0.29, 0.717) is 0 Å². The fourth-order valence-electron chi connectivity index (χ4n) is 11.8. The lowest BCUT2D eigenvalue weighted by Crippen LogP contribution is -2.74. The number of hydrogen-bond acceptors (Lipinski definition) is 0. The Labute approximate surface area is 407 Å². The molecule has 0 aliphatic heterocycles. The topological polar surface area (TPSA) is 14.8 Å². The summed E-state index contributed by atoms with van der Waals surface area (Å²) in [5, 5.41) is 12.9. The van der Waals surface area contributed by atoms with Gasteiger partial charge >= 0.3 is 0 Å². The summed E-state index contributed by atoms with van der Waals surface area (Å²) in [6.07, 6.45) is 0. The van der Waals surface area contributed by atoms with Gasteiger partial charge < -0.3 is 13.7 Å². The molecule has 0 fully saturated rings. The van der Waals surface area contributed by atoms with Gasteiger partial charge in [0.1, 0.15) is 0 Å². The second kappa shape index (κ2) is 16.1. The Hall–Kier alpha value is -8.96. The second-order valence-corrected chi connectivity index (χ2v) is 22.3. The average molecular weight is 908 g/mol. The third-order valence-corrected chi connectivity index (χ3v) is 19.6. The second-order valence-electron chi connectivity index (χ2n) is 18.5. The van der Waals surface area contributed by atoms with Crippen LogP contribution in [0.2, 0.25) is 0 Å². The van der Waals surface area contributed by atoms with Gasteiger partial charge in [-0.2, -0.15) is 0 Å². The van der Waals surface area contributed by atoms with Crippen molar-refractivity contribution in [3.05, 3.63) is 273 Å². The Morgan fingerprint density at radius 2 is 0.514 bits per heavy atom. The van der Waals surface area contributed by atoms with Gasteiger partial charge in [0.15, 0.2) is 8.07 Å². The first-order chi connectivity index (χ1) is 34.7. The van der Waals surface area contributed by atoms with E-state index in [0.717, 1.165) is 28.1 Å². The molecule has 14 aromatic rings. The minimum Gasteiger partial charge on any atom is -0.309 e. The molecule has 0 bridgehead atoms. The molecule has 3 nitrogen and oxygen atoms in total. The van der Waals surface area contributed by atoms with Gasteiger partial charge in [-0.15, -0.1) is 0 Å². The van der Waals surface area contributed by atoms with Gasteiger partial charge in [-0.25, -0.2) is 0 Å². The van der Waals surface area contributed by atoms with Crippen LogP contribution < -0.4 is 20.7 Å². The summed E-state index contributed by atoms with van der Waals surface area (Å²) in [6, 6.07) is 101. The number of benzene rings is 11. The molecule has 328 valence electrons. The molecule has 0 radical (unpaired) electrons. The van der Waals surface area contributed by atoms with Crippen LogP contribution >= 0.6 is 0 Å². The van der Waals surface area contributed by atoms with Crippen LogP contribution in [-0.4, -0.2) is 21.8 Å². The first-order valence-electron chi connectivity index (χ1n) is 24.2. The van der Waals surface area contributed by atoms with Crippen molar-refractivity contribution in [3.63, 3.8) is 0 Å². The van der Waals surface area contributed by atoms with E-state index < -0.39 is 8.07 Å². The van der Waals surface area contributed by atoms with Crippen molar-refractivity contribution < 1.29 is 0 Å². The van der Waals surface area contributed by atoms with Gasteiger partial charge in [0, 0.05) is 49.4 Å². The number of para-hydroxylation sites is 5. The van der Waals surface area contributed by atoms with Crippen LogP contribution in [0.4, 0.5) is 0 Å². The molecular formula is C66H45N3Si. The minimum absolute atomic E-state index is 1.11.